The summed E-state index contributed by atoms with van der Waals surface area (Å²) in [6, 6.07) is 0. The van der Waals surface area contributed by atoms with E-state index >= 15 is 0 Å². The van der Waals surface area contributed by atoms with Crippen LogP contribution in [0.25, 0.3) is 0 Å². The minimum Gasteiger partial charge on any atom is -0.377 e. The lowest BCUT2D eigenvalue weighted by atomic mass is 10.1. The second kappa shape index (κ2) is 4.80. The molecule has 12 heavy (non-hydrogen) atoms. The minimum absolute atomic E-state index is 0.373. The van der Waals surface area contributed by atoms with E-state index in [1.807, 2.05) is 6.92 Å². The Labute approximate surface area is 75.1 Å². The van der Waals surface area contributed by atoms with Crippen molar-refractivity contribution in [1.82, 2.24) is 10.2 Å². The van der Waals surface area contributed by atoms with Crippen LogP contribution in [0.2, 0.25) is 0 Å². The molecule has 1 aliphatic rings. The highest BCUT2D eigenvalue weighted by Gasteiger charge is 2.28. The highest BCUT2D eigenvalue weighted by Crippen LogP contribution is 2.14. The molecule has 1 aliphatic heterocycles. The minimum atomic E-state index is 0.373. The van der Waals surface area contributed by atoms with Crippen LogP contribution in [0.1, 0.15) is 6.92 Å². The van der Waals surface area contributed by atoms with E-state index < -0.39 is 0 Å². The van der Waals surface area contributed by atoms with Gasteiger partial charge in [-0.3, -0.25) is 0 Å². The molecule has 0 amide bonds. The maximum absolute atomic E-state index is 5.60. The van der Waals surface area contributed by atoms with Gasteiger partial charge in [0.05, 0.1) is 6.10 Å². The fourth-order valence-corrected chi connectivity index (χ4v) is 1.68. The molecular weight excluding hydrogens is 152 g/mol. The monoisotopic (exact) mass is 171 g/mol. The zero-order valence-corrected chi connectivity index (χ0v) is 8.29. The zero-order valence-electron chi connectivity index (χ0n) is 8.29. The summed E-state index contributed by atoms with van der Waals surface area (Å²) in [5.41, 5.74) is 0. The van der Waals surface area contributed by atoms with Crippen molar-refractivity contribution < 1.29 is 4.74 Å². The van der Waals surface area contributed by atoms with E-state index in [1.54, 1.807) is 0 Å². The van der Waals surface area contributed by atoms with Crippen molar-refractivity contribution in [3.63, 3.8) is 0 Å². The molecule has 1 saturated heterocycles. The summed E-state index contributed by atoms with van der Waals surface area (Å²) in [5.74, 6) is 0.611. The maximum Gasteiger partial charge on any atom is 0.0769 e. The molecule has 0 aromatic rings. The van der Waals surface area contributed by atoms with E-state index in [9.17, 15) is 0 Å². The van der Waals surface area contributed by atoms with Crippen molar-refractivity contribution in [1.29, 1.82) is 0 Å². The Morgan fingerprint density at radius 3 is 2.75 bits per heavy atom. The number of hydrogen-bond acceptors (Lipinski definition) is 2. The molecule has 0 bridgehead atoms. The van der Waals surface area contributed by atoms with Crippen LogP contribution >= 0.6 is 0 Å². The third-order valence-corrected chi connectivity index (χ3v) is 2.18. The van der Waals surface area contributed by atoms with Crippen LogP contribution in [0, 0.1) is 5.92 Å². The second-order valence-corrected chi connectivity index (χ2v) is 3.60. The maximum atomic E-state index is 5.60. The molecular formula is C9H19N2O. The summed E-state index contributed by atoms with van der Waals surface area (Å²) in [5, 5.41) is 4.37. The molecule has 1 heterocycles. The van der Waals surface area contributed by atoms with Crippen LogP contribution in [0.3, 0.4) is 0 Å². The van der Waals surface area contributed by atoms with E-state index in [0.717, 1.165) is 26.2 Å². The highest BCUT2D eigenvalue weighted by atomic mass is 16.5. The third-order valence-electron chi connectivity index (χ3n) is 2.18. The first-order chi connectivity index (χ1) is 5.74. The zero-order chi connectivity index (χ0) is 8.97. The van der Waals surface area contributed by atoms with Crippen LogP contribution in [-0.2, 0) is 4.74 Å². The lowest BCUT2D eigenvalue weighted by molar-refractivity contribution is 0.0393. The Morgan fingerprint density at radius 2 is 2.17 bits per heavy atom. The molecule has 0 saturated carbocycles. The summed E-state index contributed by atoms with van der Waals surface area (Å²) in [6.45, 7) is 5.82. The number of ether oxygens (including phenoxy) is 1. The van der Waals surface area contributed by atoms with Crippen molar-refractivity contribution in [2.24, 2.45) is 5.92 Å². The van der Waals surface area contributed by atoms with Gasteiger partial charge in [-0.15, -0.1) is 0 Å². The van der Waals surface area contributed by atoms with Crippen LogP contribution in [-0.4, -0.2) is 51.3 Å². The molecule has 71 valence electrons. The summed E-state index contributed by atoms with van der Waals surface area (Å²) in [6.07, 6.45) is 0.373. The largest absolute Gasteiger partial charge is 0.377 e. The van der Waals surface area contributed by atoms with Crippen LogP contribution in [0.4, 0.5) is 0 Å². The molecule has 3 nitrogen and oxygen atoms in total. The van der Waals surface area contributed by atoms with Gasteiger partial charge in [0, 0.05) is 32.2 Å². The summed E-state index contributed by atoms with van der Waals surface area (Å²) >= 11 is 0. The predicted octanol–water partition coefficient (Wildman–Crippen LogP) is 0.187. The third kappa shape index (κ3) is 2.73. The van der Waals surface area contributed by atoms with Crippen molar-refractivity contribution in [2.45, 2.75) is 13.0 Å². The number of nitrogens with zero attached hydrogens (tertiary/aromatic N) is 2. The molecule has 0 aliphatic carbocycles. The van der Waals surface area contributed by atoms with E-state index in [4.69, 9.17) is 4.74 Å². The predicted molar refractivity (Wildman–Crippen MR) is 49.3 cm³/mol. The van der Waals surface area contributed by atoms with Gasteiger partial charge in [0.2, 0.25) is 0 Å². The van der Waals surface area contributed by atoms with Crippen LogP contribution in [0.15, 0.2) is 0 Å². The fraction of sp³-hybridized carbons (Fsp3) is 1.00. The summed E-state index contributed by atoms with van der Waals surface area (Å²) in [7, 11) is 4.20. The molecule has 0 aromatic carbocycles. The van der Waals surface area contributed by atoms with Crippen LogP contribution < -0.4 is 5.32 Å². The number of rotatable bonds is 4. The molecule has 0 aromatic heterocycles. The highest BCUT2D eigenvalue weighted by molar-refractivity contribution is 4.82. The van der Waals surface area contributed by atoms with E-state index in [2.05, 4.69) is 24.3 Å². The van der Waals surface area contributed by atoms with Gasteiger partial charge >= 0.3 is 0 Å². The fourth-order valence-electron chi connectivity index (χ4n) is 1.68. The first-order valence-electron chi connectivity index (χ1n) is 4.63. The smallest absolute Gasteiger partial charge is 0.0769 e. The van der Waals surface area contributed by atoms with Crippen molar-refractivity contribution >= 4 is 0 Å². The Kier molecular flexibility index (Phi) is 3.98. The van der Waals surface area contributed by atoms with E-state index in [1.165, 1.54) is 0 Å². The topological polar surface area (TPSA) is 26.6 Å². The molecule has 1 radical (unpaired) electrons. The average molecular weight is 171 g/mol. The van der Waals surface area contributed by atoms with Crippen molar-refractivity contribution in [3.05, 3.63) is 0 Å². The molecule has 1 fully saturated rings. The number of hydrogen-bond donors (Lipinski definition) is 0. The van der Waals surface area contributed by atoms with Crippen LogP contribution in [0.5, 0.6) is 0 Å². The first kappa shape index (κ1) is 9.96. The summed E-state index contributed by atoms with van der Waals surface area (Å²) < 4.78 is 5.60. The lowest BCUT2D eigenvalue weighted by Gasteiger charge is -2.21. The lowest BCUT2D eigenvalue weighted by Crippen LogP contribution is -2.31. The molecule has 2 unspecified atom stereocenters. The normalized spacial score (nSPS) is 30.0. The Balaban J connectivity index is 2.30. The Bertz CT molecular complexity index is 128. The Morgan fingerprint density at radius 1 is 1.42 bits per heavy atom. The molecule has 2 atom stereocenters. The average Bonchev–Trinajstić information content (AvgIpc) is 2.37. The van der Waals surface area contributed by atoms with Gasteiger partial charge in [-0.2, -0.15) is 0 Å². The van der Waals surface area contributed by atoms with Gasteiger partial charge in [0.25, 0.3) is 0 Å². The summed E-state index contributed by atoms with van der Waals surface area (Å²) in [4.78, 5) is 2.21. The van der Waals surface area contributed by atoms with Crippen molar-refractivity contribution in [2.75, 3.05) is 40.3 Å². The standard InChI is InChI=1S/C9H19N2O/c1-4-12-9-6-10-5-8(9)7-11(2)3/h8-9H,4-7H2,1-3H3. The molecule has 0 N–H and O–H groups in total. The SMILES string of the molecule is CCOC1C[N]CC1CN(C)C. The van der Waals surface area contributed by atoms with Gasteiger partial charge in [-0.05, 0) is 21.0 Å². The van der Waals surface area contributed by atoms with Gasteiger partial charge < -0.3 is 9.64 Å². The van der Waals surface area contributed by atoms with Crippen molar-refractivity contribution in [3.8, 4) is 0 Å². The molecule has 0 spiro atoms. The van der Waals surface area contributed by atoms with Gasteiger partial charge in [-0.1, -0.05) is 0 Å². The van der Waals surface area contributed by atoms with E-state index in [0.29, 0.717) is 12.0 Å². The van der Waals surface area contributed by atoms with E-state index in [-0.39, 0.29) is 0 Å². The van der Waals surface area contributed by atoms with Gasteiger partial charge in [0.15, 0.2) is 0 Å². The molecule has 1 rings (SSSR count). The second-order valence-electron chi connectivity index (χ2n) is 3.60. The molecule has 3 heteroatoms. The van der Waals surface area contributed by atoms with Gasteiger partial charge in [0.1, 0.15) is 0 Å². The first-order valence-corrected chi connectivity index (χ1v) is 4.63. The quantitative estimate of drug-likeness (QED) is 0.603. The Hall–Kier alpha value is -0.120. The van der Waals surface area contributed by atoms with Gasteiger partial charge in [-0.25, -0.2) is 5.32 Å².